The Balaban J connectivity index is 1.84. The summed E-state index contributed by atoms with van der Waals surface area (Å²) in [5, 5.41) is 0. The first kappa shape index (κ1) is 12.9. The van der Waals surface area contributed by atoms with Crippen molar-refractivity contribution >= 4 is 11.9 Å². The van der Waals surface area contributed by atoms with Gasteiger partial charge in [0.1, 0.15) is 11.7 Å². The topological polar surface area (TPSA) is 52.6 Å². The van der Waals surface area contributed by atoms with Crippen LogP contribution in [-0.4, -0.2) is 23.6 Å². The van der Waals surface area contributed by atoms with Gasteiger partial charge in [-0.1, -0.05) is 0 Å². The second-order valence-electron chi connectivity index (χ2n) is 7.53. The highest BCUT2D eigenvalue weighted by Crippen LogP contribution is 2.51. The Morgan fingerprint density at radius 1 is 1.26 bits per heavy atom. The van der Waals surface area contributed by atoms with Crippen molar-refractivity contribution in [1.29, 1.82) is 0 Å². The number of ether oxygens (including phenoxy) is 2. The predicted octanol–water partition coefficient (Wildman–Crippen LogP) is 2.45. The van der Waals surface area contributed by atoms with Gasteiger partial charge in [0.25, 0.3) is 0 Å². The molecule has 4 rings (SSSR count). The van der Waals surface area contributed by atoms with E-state index in [0.717, 1.165) is 19.3 Å². The fourth-order valence-corrected chi connectivity index (χ4v) is 3.85. The summed E-state index contributed by atoms with van der Waals surface area (Å²) in [6, 6.07) is 0. The first-order chi connectivity index (χ1) is 8.77. The monoisotopic (exact) mass is 266 g/mol. The number of carbonyl (C=O) groups excluding carboxylic acids is 2. The first-order valence-electron chi connectivity index (χ1n) is 7.21. The van der Waals surface area contributed by atoms with E-state index < -0.39 is 11.0 Å². The summed E-state index contributed by atoms with van der Waals surface area (Å²) in [5.41, 5.74) is -0.948. The van der Waals surface area contributed by atoms with Crippen LogP contribution in [0.15, 0.2) is 0 Å². The molecule has 0 aromatic heterocycles. The van der Waals surface area contributed by atoms with Gasteiger partial charge < -0.3 is 9.47 Å². The maximum absolute atomic E-state index is 12.2. The third-order valence-electron chi connectivity index (χ3n) is 4.63. The highest BCUT2D eigenvalue weighted by Gasteiger charge is 2.55. The van der Waals surface area contributed by atoms with E-state index in [1.54, 1.807) is 0 Å². The molecule has 0 spiro atoms. The summed E-state index contributed by atoms with van der Waals surface area (Å²) in [7, 11) is 0. The van der Waals surface area contributed by atoms with Gasteiger partial charge in [-0.25, -0.2) is 0 Å². The zero-order chi connectivity index (χ0) is 13.8. The van der Waals surface area contributed by atoms with Crippen LogP contribution in [0.25, 0.3) is 0 Å². The quantitative estimate of drug-likeness (QED) is 0.684. The summed E-state index contributed by atoms with van der Waals surface area (Å²) < 4.78 is 11.4. The molecular weight excluding hydrogens is 244 g/mol. The minimum atomic E-state index is -0.497. The Bertz CT molecular complexity index is 422. The molecule has 4 nitrogen and oxygen atoms in total. The third kappa shape index (κ3) is 2.26. The van der Waals surface area contributed by atoms with E-state index in [1.165, 1.54) is 0 Å². The Morgan fingerprint density at radius 3 is 2.68 bits per heavy atom. The molecule has 4 atom stereocenters. The Labute approximate surface area is 113 Å². The molecule has 4 aliphatic rings. The molecule has 19 heavy (non-hydrogen) atoms. The lowest BCUT2D eigenvalue weighted by molar-refractivity contribution is -0.183. The van der Waals surface area contributed by atoms with Crippen molar-refractivity contribution in [1.82, 2.24) is 0 Å². The van der Waals surface area contributed by atoms with Gasteiger partial charge in [-0.2, -0.15) is 0 Å². The van der Waals surface area contributed by atoms with Gasteiger partial charge in [-0.3, -0.25) is 9.59 Å². The SMILES string of the molecule is CC(C)(C)C(=O)OC12CC3CC(C1)OC(=O)C(C3)C2. The standard InChI is InChI=1S/C15H22O4/c1-14(2,3)13(17)19-15-6-9-4-10(7-15)12(16)18-11(5-9)8-15/h9-11H,4-8H2,1-3H3. The van der Waals surface area contributed by atoms with Gasteiger partial charge in [0.05, 0.1) is 11.3 Å². The highest BCUT2D eigenvalue weighted by molar-refractivity contribution is 5.77. The zero-order valence-corrected chi connectivity index (χ0v) is 11.9. The van der Waals surface area contributed by atoms with Crippen LogP contribution in [0, 0.1) is 17.3 Å². The second kappa shape index (κ2) is 3.97. The van der Waals surface area contributed by atoms with Crippen molar-refractivity contribution in [2.45, 2.75) is 64.6 Å². The summed E-state index contributed by atoms with van der Waals surface area (Å²) in [6.07, 6.45) is 4.04. The van der Waals surface area contributed by atoms with Crippen LogP contribution in [0.4, 0.5) is 0 Å². The van der Waals surface area contributed by atoms with Gasteiger partial charge in [0.15, 0.2) is 0 Å². The molecule has 0 aromatic rings. The van der Waals surface area contributed by atoms with E-state index in [4.69, 9.17) is 9.47 Å². The van der Waals surface area contributed by atoms with E-state index in [1.807, 2.05) is 20.8 Å². The number of fused-ring (bicyclic) bond motifs is 1. The van der Waals surface area contributed by atoms with Crippen LogP contribution in [-0.2, 0) is 19.1 Å². The second-order valence-corrected chi connectivity index (χ2v) is 7.53. The maximum Gasteiger partial charge on any atom is 0.311 e. The third-order valence-corrected chi connectivity index (χ3v) is 4.63. The van der Waals surface area contributed by atoms with Gasteiger partial charge >= 0.3 is 11.9 Å². The van der Waals surface area contributed by atoms with Crippen molar-refractivity contribution in [3.8, 4) is 0 Å². The van der Waals surface area contributed by atoms with Crippen molar-refractivity contribution in [3.63, 3.8) is 0 Å². The van der Waals surface area contributed by atoms with Crippen LogP contribution in [0.3, 0.4) is 0 Å². The first-order valence-corrected chi connectivity index (χ1v) is 7.21. The lowest BCUT2D eigenvalue weighted by Crippen LogP contribution is -2.49. The lowest BCUT2D eigenvalue weighted by Gasteiger charge is -2.46. The highest BCUT2D eigenvalue weighted by atomic mass is 16.6. The molecule has 0 amide bonds. The van der Waals surface area contributed by atoms with Crippen LogP contribution in [0.1, 0.15) is 52.9 Å². The van der Waals surface area contributed by atoms with Crippen molar-refractivity contribution in [3.05, 3.63) is 0 Å². The Hall–Kier alpha value is -1.06. The van der Waals surface area contributed by atoms with Crippen LogP contribution < -0.4 is 0 Å². The van der Waals surface area contributed by atoms with E-state index in [2.05, 4.69) is 0 Å². The van der Waals surface area contributed by atoms with Gasteiger partial charge in [-0.15, -0.1) is 0 Å². The summed E-state index contributed by atoms with van der Waals surface area (Å²) in [4.78, 5) is 24.1. The largest absolute Gasteiger partial charge is 0.462 e. The maximum atomic E-state index is 12.2. The number of carbonyl (C=O) groups is 2. The minimum absolute atomic E-state index is 0.0495. The Kier molecular flexibility index (Phi) is 2.70. The Morgan fingerprint density at radius 2 is 2.00 bits per heavy atom. The minimum Gasteiger partial charge on any atom is -0.462 e. The summed E-state index contributed by atoms with van der Waals surface area (Å²) in [6.45, 7) is 5.60. The summed E-state index contributed by atoms with van der Waals surface area (Å²) in [5.74, 6) is 0.151. The van der Waals surface area contributed by atoms with Crippen molar-refractivity contribution in [2.24, 2.45) is 17.3 Å². The normalized spacial score (nSPS) is 40.8. The van der Waals surface area contributed by atoms with Crippen LogP contribution in [0.5, 0.6) is 0 Å². The molecule has 4 fully saturated rings. The number of hydrogen-bond donors (Lipinski definition) is 0. The number of hydrogen-bond acceptors (Lipinski definition) is 4. The lowest BCUT2D eigenvalue weighted by atomic mass is 9.65. The van der Waals surface area contributed by atoms with Gasteiger partial charge in [-0.05, 0) is 46.0 Å². The molecule has 106 valence electrons. The number of esters is 2. The molecule has 4 bridgehead atoms. The molecule has 4 heteroatoms. The molecule has 4 unspecified atom stereocenters. The van der Waals surface area contributed by atoms with Crippen LogP contribution in [0.2, 0.25) is 0 Å². The summed E-state index contributed by atoms with van der Waals surface area (Å²) >= 11 is 0. The van der Waals surface area contributed by atoms with E-state index in [-0.39, 0.29) is 24.0 Å². The zero-order valence-electron chi connectivity index (χ0n) is 11.9. The average molecular weight is 266 g/mol. The molecule has 0 aromatic carbocycles. The fourth-order valence-electron chi connectivity index (χ4n) is 3.85. The smallest absolute Gasteiger partial charge is 0.311 e. The molecule has 2 heterocycles. The average Bonchev–Trinajstić information content (AvgIpc) is 2.40. The van der Waals surface area contributed by atoms with E-state index in [0.29, 0.717) is 18.8 Å². The van der Waals surface area contributed by atoms with Crippen LogP contribution >= 0.6 is 0 Å². The molecule has 2 aliphatic carbocycles. The predicted molar refractivity (Wildman–Crippen MR) is 68.2 cm³/mol. The molecule has 2 aliphatic heterocycles. The molecular formula is C15H22O4. The van der Waals surface area contributed by atoms with Gasteiger partial charge in [0, 0.05) is 12.8 Å². The fraction of sp³-hybridized carbons (Fsp3) is 0.867. The molecule has 2 saturated heterocycles. The molecule has 2 saturated carbocycles. The number of rotatable bonds is 1. The van der Waals surface area contributed by atoms with E-state index >= 15 is 0 Å². The molecule has 0 N–H and O–H groups in total. The van der Waals surface area contributed by atoms with E-state index in [9.17, 15) is 9.59 Å². The van der Waals surface area contributed by atoms with Crippen molar-refractivity contribution < 1.29 is 19.1 Å². The molecule has 0 radical (unpaired) electrons. The van der Waals surface area contributed by atoms with Gasteiger partial charge in [0.2, 0.25) is 0 Å². The van der Waals surface area contributed by atoms with Crippen molar-refractivity contribution in [2.75, 3.05) is 0 Å².